The van der Waals surface area contributed by atoms with Crippen LogP contribution in [0.4, 0.5) is 0 Å². The van der Waals surface area contributed by atoms with Crippen LogP contribution in [0.5, 0.6) is 0 Å². The van der Waals surface area contributed by atoms with Crippen molar-refractivity contribution in [2.45, 2.75) is 31.8 Å². The highest BCUT2D eigenvalue weighted by Crippen LogP contribution is 2.30. The van der Waals surface area contributed by atoms with Crippen molar-refractivity contribution in [2.75, 3.05) is 0 Å². The van der Waals surface area contributed by atoms with Crippen LogP contribution in [0.1, 0.15) is 24.3 Å². The van der Waals surface area contributed by atoms with E-state index in [1.54, 1.807) is 6.07 Å². The van der Waals surface area contributed by atoms with Crippen LogP contribution in [-0.2, 0) is 17.8 Å². The zero-order valence-corrected chi connectivity index (χ0v) is 16.8. The van der Waals surface area contributed by atoms with Gasteiger partial charge < -0.3 is 9.32 Å². The number of halogens is 2. The molecular formula is C20H17BrClN3O2. The molecule has 1 heterocycles. The maximum atomic E-state index is 12.8. The maximum Gasteiger partial charge on any atom is 0.249 e. The highest BCUT2D eigenvalue weighted by atomic mass is 79.9. The van der Waals surface area contributed by atoms with Crippen molar-refractivity contribution in [2.24, 2.45) is 0 Å². The van der Waals surface area contributed by atoms with Gasteiger partial charge >= 0.3 is 0 Å². The lowest BCUT2D eigenvalue weighted by molar-refractivity contribution is -0.132. The summed E-state index contributed by atoms with van der Waals surface area (Å²) in [5.41, 5.74) is 1.67. The Morgan fingerprint density at radius 2 is 1.89 bits per heavy atom. The van der Waals surface area contributed by atoms with Gasteiger partial charge in [0.1, 0.15) is 0 Å². The van der Waals surface area contributed by atoms with Crippen molar-refractivity contribution in [3.63, 3.8) is 0 Å². The van der Waals surface area contributed by atoms with Gasteiger partial charge in [0.15, 0.2) is 0 Å². The first kappa shape index (κ1) is 18.2. The molecule has 0 aliphatic heterocycles. The van der Waals surface area contributed by atoms with Crippen LogP contribution in [0, 0.1) is 0 Å². The lowest BCUT2D eigenvalue weighted by Gasteiger charge is -2.20. The van der Waals surface area contributed by atoms with Gasteiger partial charge in [0.25, 0.3) is 0 Å². The van der Waals surface area contributed by atoms with E-state index in [0.29, 0.717) is 35.3 Å². The Morgan fingerprint density at radius 1 is 1.15 bits per heavy atom. The number of amides is 1. The normalized spacial score (nSPS) is 13.6. The zero-order chi connectivity index (χ0) is 18.8. The van der Waals surface area contributed by atoms with Gasteiger partial charge in [0, 0.05) is 10.5 Å². The number of hydrogen-bond acceptors (Lipinski definition) is 4. The van der Waals surface area contributed by atoms with Crippen molar-refractivity contribution in [3.8, 4) is 11.5 Å². The average Bonchev–Trinajstić information content (AvgIpc) is 3.40. The molecule has 0 N–H and O–H groups in total. The molecule has 7 heteroatoms. The minimum atomic E-state index is 0.0670. The van der Waals surface area contributed by atoms with Crippen LogP contribution in [-0.4, -0.2) is 27.0 Å². The molecule has 0 spiro atoms. The third-order valence-corrected chi connectivity index (χ3v) is 5.31. The largest absolute Gasteiger partial charge is 0.419 e. The fourth-order valence-corrected chi connectivity index (χ4v) is 3.37. The summed E-state index contributed by atoms with van der Waals surface area (Å²) in [5.74, 6) is 0.852. The summed E-state index contributed by atoms with van der Waals surface area (Å²) in [6.45, 7) is 0.317. The van der Waals surface area contributed by atoms with Crippen molar-refractivity contribution in [1.29, 1.82) is 0 Å². The van der Waals surface area contributed by atoms with Gasteiger partial charge in [-0.25, -0.2) is 0 Å². The molecule has 1 aliphatic carbocycles. The van der Waals surface area contributed by atoms with E-state index in [1.807, 2.05) is 47.4 Å². The molecule has 27 heavy (non-hydrogen) atoms. The van der Waals surface area contributed by atoms with Gasteiger partial charge in [-0.05, 0) is 42.7 Å². The molecule has 138 valence electrons. The second kappa shape index (κ2) is 7.82. The molecule has 3 aromatic rings. The Bertz CT molecular complexity index is 954. The van der Waals surface area contributed by atoms with E-state index in [1.165, 1.54) is 0 Å². The van der Waals surface area contributed by atoms with Gasteiger partial charge in [0.05, 0.1) is 23.6 Å². The number of aromatic nitrogens is 2. The fraction of sp³-hybridized carbons (Fsp3) is 0.250. The molecule has 1 fully saturated rings. The minimum absolute atomic E-state index is 0.0670. The SMILES string of the molecule is O=C(Cc1ccc(Br)cc1)N(Cc1nnc(-c2ccccc2Cl)o1)C1CC1. The highest BCUT2D eigenvalue weighted by molar-refractivity contribution is 9.10. The lowest BCUT2D eigenvalue weighted by atomic mass is 10.1. The van der Waals surface area contributed by atoms with Crippen LogP contribution in [0.3, 0.4) is 0 Å². The molecule has 5 nitrogen and oxygen atoms in total. The average molecular weight is 447 g/mol. The van der Waals surface area contributed by atoms with E-state index in [9.17, 15) is 4.79 Å². The molecule has 0 bridgehead atoms. The molecule has 4 rings (SSSR count). The maximum absolute atomic E-state index is 12.8. The van der Waals surface area contributed by atoms with Crippen molar-refractivity contribution >= 4 is 33.4 Å². The van der Waals surface area contributed by atoms with E-state index in [0.717, 1.165) is 22.9 Å². The van der Waals surface area contributed by atoms with E-state index >= 15 is 0 Å². The summed E-state index contributed by atoms with van der Waals surface area (Å²) < 4.78 is 6.76. The van der Waals surface area contributed by atoms with E-state index < -0.39 is 0 Å². The Hall–Kier alpha value is -2.18. The van der Waals surface area contributed by atoms with Crippen molar-refractivity contribution in [1.82, 2.24) is 15.1 Å². The molecule has 0 saturated heterocycles. The van der Waals surface area contributed by atoms with Crippen LogP contribution in [0.2, 0.25) is 5.02 Å². The quantitative estimate of drug-likeness (QED) is 0.541. The summed E-state index contributed by atoms with van der Waals surface area (Å²) in [6, 6.07) is 15.4. The van der Waals surface area contributed by atoms with Gasteiger partial charge in [-0.3, -0.25) is 4.79 Å². The molecule has 0 radical (unpaired) electrons. The molecular weight excluding hydrogens is 430 g/mol. The number of benzene rings is 2. The standard InChI is InChI=1S/C20H17BrClN3O2/c21-14-7-5-13(6-8-14)11-19(26)25(15-9-10-15)12-18-23-24-20(27-18)16-3-1-2-4-17(16)22/h1-8,15H,9-12H2. The van der Waals surface area contributed by atoms with Gasteiger partial charge in [0.2, 0.25) is 17.7 Å². The predicted octanol–water partition coefficient (Wildman–Crippen LogP) is 4.89. The molecule has 0 atom stereocenters. The summed E-state index contributed by atoms with van der Waals surface area (Å²) >= 11 is 9.60. The van der Waals surface area contributed by atoms with Gasteiger partial charge in [-0.2, -0.15) is 0 Å². The first-order valence-corrected chi connectivity index (χ1v) is 9.88. The number of nitrogens with zero attached hydrogens (tertiary/aromatic N) is 3. The highest BCUT2D eigenvalue weighted by Gasteiger charge is 2.33. The van der Waals surface area contributed by atoms with Gasteiger partial charge in [-0.15, -0.1) is 10.2 Å². The first-order chi connectivity index (χ1) is 13.1. The molecule has 1 aromatic heterocycles. The van der Waals surface area contributed by atoms with Crippen molar-refractivity contribution < 1.29 is 9.21 Å². The summed E-state index contributed by atoms with van der Waals surface area (Å²) in [6.07, 6.45) is 2.38. The summed E-state index contributed by atoms with van der Waals surface area (Å²) in [5, 5.41) is 8.75. The van der Waals surface area contributed by atoms with Crippen LogP contribution in [0.15, 0.2) is 57.4 Å². The molecule has 1 aliphatic rings. The monoisotopic (exact) mass is 445 g/mol. The number of carbonyl (C=O) groups is 1. The fourth-order valence-electron chi connectivity index (χ4n) is 2.89. The molecule has 2 aromatic carbocycles. The Labute approximate surface area is 170 Å². The third kappa shape index (κ3) is 4.39. The second-order valence-electron chi connectivity index (χ2n) is 6.54. The summed E-state index contributed by atoms with van der Waals surface area (Å²) in [7, 11) is 0. The zero-order valence-electron chi connectivity index (χ0n) is 14.4. The smallest absolute Gasteiger partial charge is 0.249 e. The predicted molar refractivity (Wildman–Crippen MR) is 106 cm³/mol. The van der Waals surface area contributed by atoms with E-state index in [4.69, 9.17) is 16.0 Å². The van der Waals surface area contributed by atoms with Crippen LogP contribution < -0.4 is 0 Å². The number of rotatable bonds is 6. The molecule has 1 saturated carbocycles. The second-order valence-corrected chi connectivity index (χ2v) is 7.86. The lowest BCUT2D eigenvalue weighted by Crippen LogP contribution is -2.33. The topological polar surface area (TPSA) is 59.2 Å². The van der Waals surface area contributed by atoms with Crippen LogP contribution >= 0.6 is 27.5 Å². The Kier molecular flexibility index (Phi) is 5.27. The minimum Gasteiger partial charge on any atom is -0.419 e. The number of carbonyl (C=O) groups excluding carboxylic acids is 1. The van der Waals surface area contributed by atoms with Crippen molar-refractivity contribution in [3.05, 3.63) is 69.5 Å². The van der Waals surface area contributed by atoms with Gasteiger partial charge in [-0.1, -0.05) is 51.8 Å². The first-order valence-electron chi connectivity index (χ1n) is 8.71. The van der Waals surface area contributed by atoms with Crippen LogP contribution in [0.25, 0.3) is 11.5 Å². The molecule has 1 amide bonds. The third-order valence-electron chi connectivity index (χ3n) is 4.45. The summed E-state index contributed by atoms with van der Waals surface area (Å²) in [4.78, 5) is 14.7. The molecule has 0 unspecified atom stereocenters. The Balaban J connectivity index is 1.48. The van der Waals surface area contributed by atoms with E-state index in [2.05, 4.69) is 26.1 Å². The number of hydrogen-bond donors (Lipinski definition) is 0. The van der Waals surface area contributed by atoms with E-state index in [-0.39, 0.29) is 11.9 Å². The Morgan fingerprint density at radius 3 is 2.59 bits per heavy atom.